The second-order valence-electron chi connectivity index (χ2n) is 5.17. The molecular formula is C15H20ClNO2. The number of ether oxygens (including phenoxy) is 1. The molecule has 104 valence electrons. The second kappa shape index (κ2) is 6.40. The SMILES string of the molecule is COc1cc(C(=O)C2CCC(CN)CC2)ccc1Cl. The van der Waals surface area contributed by atoms with Crippen molar-refractivity contribution in [1.29, 1.82) is 0 Å². The molecule has 1 saturated carbocycles. The molecule has 0 aliphatic heterocycles. The molecule has 0 unspecified atom stereocenters. The molecular weight excluding hydrogens is 262 g/mol. The van der Waals surface area contributed by atoms with Gasteiger partial charge in [-0.3, -0.25) is 4.79 Å². The smallest absolute Gasteiger partial charge is 0.166 e. The van der Waals surface area contributed by atoms with E-state index in [1.165, 1.54) is 0 Å². The van der Waals surface area contributed by atoms with Crippen LogP contribution >= 0.6 is 11.6 Å². The summed E-state index contributed by atoms with van der Waals surface area (Å²) in [5.74, 6) is 1.46. The lowest BCUT2D eigenvalue weighted by Gasteiger charge is -2.26. The summed E-state index contributed by atoms with van der Waals surface area (Å²) in [6.07, 6.45) is 3.98. The van der Waals surface area contributed by atoms with Gasteiger partial charge in [0.05, 0.1) is 12.1 Å². The summed E-state index contributed by atoms with van der Waals surface area (Å²) in [6.45, 7) is 0.732. The van der Waals surface area contributed by atoms with E-state index in [0.29, 0.717) is 22.3 Å². The maximum absolute atomic E-state index is 12.4. The van der Waals surface area contributed by atoms with Gasteiger partial charge >= 0.3 is 0 Å². The largest absolute Gasteiger partial charge is 0.495 e. The first kappa shape index (κ1) is 14.4. The fourth-order valence-corrected chi connectivity index (χ4v) is 2.90. The van der Waals surface area contributed by atoms with Crippen molar-refractivity contribution in [1.82, 2.24) is 0 Å². The first-order valence-electron chi connectivity index (χ1n) is 6.73. The van der Waals surface area contributed by atoms with E-state index in [1.807, 2.05) is 0 Å². The Labute approximate surface area is 119 Å². The van der Waals surface area contributed by atoms with Crippen LogP contribution in [0.2, 0.25) is 5.02 Å². The molecule has 3 nitrogen and oxygen atoms in total. The predicted octanol–water partition coefficient (Wildman–Crippen LogP) is 3.30. The standard InChI is InChI=1S/C15H20ClNO2/c1-19-14-8-12(6-7-13(14)16)15(18)11-4-2-10(9-17)3-5-11/h6-8,10-11H,2-5,9,17H2,1H3. The average molecular weight is 282 g/mol. The molecule has 2 N–H and O–H groups in total. The van der Waals surface area contributed by atoms with Crippen LogP contribution in [-0.4, -0.2) is 19.4 Å². The van der Waals surface area contributed by atoms with Crippen LogP contribution in [0, 0.1) is 11.8 Å². The molecule has 1 aromatic rings. The van der Waals surface area contributed by atoms with E-state index in [0.717, 1.165) is 32.2 Å². The third kappa shape index (κ3) is 3.28. The molecule has 0 aromatic heterocycles. The molecule has 1 fully saturated rings. The van der Waals surface area contributed by atoms with Crippen molar-refractivity contribution < 1.29 is 9.53 Å². The van der Waals surface area contributed by atoms with Gasteiger partial charge < -0.3 is 10.5 Å². The van der Waals surface area contributed by atoms with Gasteiger partial charge in [-0.1, -0.05) is 11.6 Å². The molecule has 0 radical (unpaired) electrons. The van der Waals surface area contributed by atoms with Gasteiger partial charge in [0.1, 0.15) is 5.75 Å². The van der Waals surface area contributed by atoms with Crippen LogP contribution in [0.5, 0.6) is 5.75 Å². The number of Topliss-reactive ketones (excluding diaryl/α,β-unsaturated/α-hetero) is 1. The maximum Gasteiger partial charge on any atom is 0.166 e. The number of hydrogen-bond donors (Lipinski definition) is 1. The minimum absolute atomic E-state index is 0.119. The number of carbonyl (C=O) groups excluding carboxylic acids is 1. The maximum atomic E-state index is 12.4. The van der Waals surface area contributed by atoms with E-state index >= 15 is 0 Å². The van der Waals surface area contributed by atoms with E-state index in [4.69, 9.17) is 22.1 Å². The number of methoxy groups -OCH3 is 1. The lowest BCUT2D eigenvalue weighted by Crippen LogP contribution is -2.25. The third-order valence-electron chi connectivity index (χ3n) is 3.99. The highest BCUT2D eigenvalue weighted by Gasteiger charge is 2.26. The summed E-state index contributed by atoms with van der Waals surface area (Å²) in [5.41, 5.74) is 6.37. The van der Waals surface area contributed by atoms with Crippen molar-refractivity contribution in [3.8, 4) is 5.75 Å². The van der Waals surface area contributed by atoms with Crippen molar-refractivity contribution in [3.05, 3.63) is 28.8 Å². The molecule has 0 atom stereocenters. The van der Waals surface area contributed by atoms with Crippen molar-refractivity contribution >= 4 is 17.4 Å². The molecule has 19 heavy (non-hydrogen) atoms. The number of ketones is 1. The van der Waals surface area contributed by atoms with E-state index in [1.54, 1.807) is 25.3 Å². The highest BCUT2D eigenvalue weighted by molar-refractivity contribution is 6.32. The Hall–Kier alpha value is -1.06. The van der Waals surface area contributed by atoms with Crippen LogP contribution in [0.4, 0.5) is 0 Å². The van der Waals surface area contributed by atoms with Crippen LogP contribution in [0.15, 0.2) is 18.2 Å². The fraction of sp³-hybridized carbons (Fsp3) is 0.533. The summed E-state index contributed by atoms with van der Waals surface area (Å²) in [6, 6.07) is 5.24. The molecule has 0 spiro atoms. The second-order valence-corrected chi connectivity index (χ2v) is 5.57. The molecule has 0 bridgehead atoms. The number of benzene rings is 1. The van der Waals surface area contributed by atoms with Crippen molar-refractivity contribution in [2.45, 2.75) is 25.7 Å². The zero-order chi connectivity index (χ0) is 13.8. The molecule has 0 amide bonds. The topological polar surface area (TPSA) is 52.3 Å². The Morgan fingerprint density at radius 2 is 2.05 bits per heavy atom. The van der Waals surface area contributed by atoms with Crippen molar-refractivity contribution in [2.75, 3.05) is 13.7 Å². The zero-order valence-electron chi connectivity index (χ0n) is 11.2. The van der Waals surface area contributed by atoms with Gasteiger partial charge in [0, 0.05) is 11.5 Å². The summed E-state index contributed by atoms with van der Waals surface area (Å²) >= 11 is 5.97. The van der Waals surface area contributed by atoms with E-state index in [2.05, 4.69) is 0 Å². The number of hydrogen-bond acceptors (Lipinski definition) is 3. The van der Waals surface area contributed by atoms with Gasteiger partial charge in [-0.15, -0.1) is 0 Å². The Morgan fingerprint density at radius 1 is 1.37 bits per heavy atom. The number of carbonyl (C=O) groups is 1. The van der Waals surface area contributed by atoms with Gasteiger partial charge in [0.2, 0.25) is 0 Å². The summed E-state index contributed by atoms with van der Waals surface area (Å²) in [7, 11) is 1.56. The van der Waals surface area contributed by atoms with Crippen LogP contribution in [0.3, 0.4) is 0 Å². The Balaban J connectivity index is 2.08. The lowest BCUT2D eigenvalue weighted by atomic mass is 9.78. The monoisotopic (exact) mass is 281 g/mol. The molecule has 2 rings (SSSR count). The van der Waals surface area contributed by atoms with E-state index in [-0.39, 0.29) is 11.7 Å². The van der Waals surface area contributed by atoms with E-state index in [9.17, 15) is 4.79 Å². The van der Waals surface area contributed by atoms with Gasteiger partial charge in [0.15, 0.2) is 5.78 Å². The van der Waals surface area contributed by atoms with Gasteiger partial charge in [0.25, 0.3) is 0 Å². The third-order valence-corrected chi connectivity index (χ3v) is 4.30. The molecule has 1 aromatic carbocycles. The van der Waals surface area contributed by atoms with Crippen molar-refractivity contribution in [3.63, 3.8) is 0 Å². The molecule has 1 aliphatic carbocycles. The van der Waals surface area contributed by atoms with Gasteiger partial charge in [-0.2, -0.15) is 0 Å². The Morgan fingerprint density at radius 3 is 2.63 bits per heavy atom. The fourth-order valence-electron chi connectivity index (χ4n) is 2.71. The molecule has 0 saturated heterocycles. The van der Waals surface area contributed by atoms with Crippen LogP contribution in [0.1, 0.15) is 36.0 Å². The van der Waals surface area contributed by atoms with Crippen molar-refractivity contribution in [2.24, 2.45) is 17.6 Å². The van der Waals surface area contributed by atoms with E-state index < -0.39 is 0 Å². The number of rotatable bonds is 4. The van der Waals surface area contributed by atoms with Crippen LogP contribution in [-0.2, 0) is 0 Å². The summed E-state index contributed by atoms with van der Waals surface area (Å²) in [5, 5.41) is 0.533. The molecule has 1 aliphatic rings. The molecule has 0 heterocycles. The summed E-state index contributed by atoms with van der Waals surface area (Å²) < 4.78 is 5.16. The highest BCUT2D eigenvalue weighted by Crippen LogP contribution is 2.32. The number of halogens is 1. The quantitative estimate of drug-likeness (QED) is 0.862. The highest BCUT2D eigenvalue weighted by atomic mass is 35.5. The Bertz CT molecular complexity index is 453. The van der Waals surface area contributed by atoms with Gasteiger partial charge in [-0.05, 0) is 56.3 Å². The van der Waals surface area contributed by atoms with Crippen LogP contribution < -0.4 is 10.5 Å². The Kier molecular flexibility index (Phi) is 4.83. The zero-order valence-corrected chi connectivity index (χ0v) is 12.0. The first-order chi connectivity index (χ1) is 9.15. The number of nitrogens with two attached hydrogens (primary N) is 1. The molecule has 4 heteroatoms. The minimum atomic E-state index is 0.119. The first-order valence-corrected chi connectivity index (χ1v) is 7.11. The normalized spacial score (nSPS) is 23.1. The van der Waals surface area contributed by atoms with Gasteiger partial charge in [-0.25, -0.2) is 0 Å². The average Bonchev–Trinajstić information content (AvgIpc) is 2.47. The lowest BCUT2D eigenvalue weighted by molar-refractivity contribution is 0.0873. The summed E-state index contributed by atoms with van der Waals surface area (Å²) in [4.78, 5) is 12.4. The van der Waals surface area contributed by atoms with Crippen LogP contribution in [0.25, 0.3) is 0 Å². The predicted molar refractivity (Wildman–Crippen MR) is 76.8 cm³/mol. The minimum Gasteiger partial charge on any atom is -0.495 e.